The number of nitrogens with zero attached hydrogens (tertiary/aromatic N) is 1. The lowest BCUT2D eigenvalue weighted by Gasteiger charge is -2.26. The number of halogens is 1. The van der Waals surface area contributed by atoms with E-state index in [1.165, 1.54) is 30.3 Å². The summed E-state index contributed by atoms with van der Waals surface area (Å²) in [6.45, 7) is 4.00. The van der Waals surface area contributed by atoms with Crippen LogP contribution in [0, 0.1) is 5.82 Å². The maximum absolute atomic E-state index is 13.4. The van der Waals surface area contributed by atoms with E-state index in [1.807, 2.05) is 13.8 Å². The molecule has 2 aromatic carbocycles. The van der Waals surface area contributed by atoms with Gasteiger partial charge in [-0.3, -0.25) is 9.10 Å². The van der Waals surface area contributed by atoms with Crippen LogP contribution in [0.5, 0.6) is 11.5 Å². The van der Waals surface area contributed by atoms with Crippen molar-refractivity contribution >= 4 is 21.6 Å². The molecule has 1 N–H and O–H groups in total. The van der Waals surface area contributed by atoms with Crippen molar-refractivity contribution in [2.45, 2.75) is 31.2 Å². The number of hydrogen-bond acceptors (Lipinski definition) is 5. The van der Waals surface area contributed by atoms with Gasteiger partial charge < -0.3 is 14.8 Å². The fraction of sp³-hybridized carbons (Fsp3) is 0.350. The molecule has 0 aromatic heterocycles. The molecule has 1 heterocycles. The van der Waals surface area contributed by atoms with Crippen LogP contribution in [0.25, 0.3) is 0 Å². The van der Waals surface area contributed by atoms with Crippen LogP contribution in [-0.4, -0.2) is 40.1 Å². The molecule has 3 rings (SSSR count). The lowest BCUT2D eigenvalue weighted by atomic mass is 10.2. The second kappa shape index (κ2) is 8.69. The molecule has 0 radical (unpaired) electrons. The zero-order valence-corrected chi connectivity index (χ0v) is 17.0. The van der Waals surface area contributed by atoms with Crippen LogP contribution in [0.2, 0.25) is 0 Å². The highest BCUT2D eigenvalue weighted by molar-refractivity contribution is 7.92. The summed E-state index contributed by atoms with van der Waals surface area (Å²) in [7, 11) is -4.12. The second-order valence-electron chi connectivity index (χ2n) is 6.67. The Kier molecular flexibility index (Phi) is 6.26. The molecule has 0 saturated heterocycles. The Bertz CT molecular complexity index is 979. The van der Waals surface area contributed by atoms with E-state index in [0.717, 1.165) is 16.4 Å². The Morgan fingerprint density at radius 2 is 1.79 bits per heavy atom. The number of rotatable bonds is 7. The van der Waals surface area contributed by atoms with Crippen molar-refractivity contribution in [3.05, 3.63) is 48.3 Å². The average Bonchev–Trinajstić information content (AvgIpc) is 2.72. The molecule has 0 saturated carbocycles. The number of benzene rings is 2. The van der Waals surface area contributed by atoms with Gasteiger partial charge in [0, 0.05) is 12.1 Å². The minimum Gasteiger partial charge on any atom is -0.486 e. The van der Waals surface area contributed by atoms with Gasteiger partial charge in [0.15, 0.2) is 11.5 Å². The number of amides is 1. The van der Waals surface area contributed by atoms with E-state index in [-0.39, 0.29) is 16.6 Å². The van der Waals surface area contributed by atoms with Crippen molar-refractivity contribution in [2.24, 2.45) is 0 Å². The Hall–Kier alpha value is -2.81. The van der Waals surface area contributed by atoms with E-state index < -0.39 is 28.3 Å². The normalized spacial score (nSPS) is 14.2. The number of carbonyl (C=O) groups excluding carboxylic acids is 1. The predicted octanol–water partition coefficient (Wildman–Crippen LogP) is 2.71. The van der Waals surface area contributed by atoms with Crippen LogP contribution in [0.15, 0.2) is 47.4 Å². The first-order valence-electron chi connectivity index (χ1n) is 9.28. The first kappa shape index (κ1) is 20.9. The fourth-order valence-corrected chi connectivity index (χ4v) is 4.22. The van der Waals surface area contributed by atoms with E-state index in [2.05, 4.69) is 5.32 Å². The highest BCUT2D eigenvalue weighted by atomic mass is 32.2. The lowest BCUT2D eigenvalue weighted by molar-refractivity contribution is -0.120. The standard InChI is InChI=1S/C20H23FN2O5S/c1-3-14(2)22-20(24)13-23(16-6-4-15(21)5-7-16)29(25,26)17-8-9-18-19(12-17)28-11-10-27-18/h4-9,12,14H,3,10-11,13H2,1-2H3,(H,22,24)/t14-/m1/s1. The molecule has 1 aliphatic heterocycles. The second-order valence-corrected chi connectivity index (χ2v) is 8.53. The van der Waals surface area contributed by atoms with Gasteiger partial charge >= 0.3 is 0 Å². The zero-order valence-electron chi connectivity index (χ0n) is 16.2. The summed E-state index contributed by atoms with van der Waals surface area (Å²) < 4.78 is 51.9. The molecule has 2 aromatic rings. The largest absolute Gasteiger partial charge is 0.486 e. The van der Waals surface area contributed by atoms with Crippen molar-refractivity contribution in [1.29, 1.82) is 0 Å². The third-order valence-corrected chi connectivity index (χ3v) is 6.29. The highest BCUT2D eigenvalue weighted by Gasteiger charge is 2.29. The molecule has 0 aliphatic carbocycles. The topological polar surface area (TPSA) is 84.9 Å². The molecule has 1 amide bonds. The van der Waals surface area contributed by atoms with Crippen LogP contribution >= 0.6 is 0 Å². The zero-order chi connectivity index (χ0) is 21.0. The predicted molar refractivity (Wildman–Crippen MR) is 106 cm³/mol. The number of ether oxygens (including phenoxy) is 2. The molecule has 9 heteroatoms. The molecule has 29 heavy (non-hydrogen) atoms. The molecule has 0 bridgehead atoms. The summed E-state index contributed by atoms with van der Waals surface area (Å²) in [5.41, 5.74) is 0.181. The molecule has 0 unspecified atom stereocenters. The van der Waals surface area contributed by atoms with Gasteiger partial charge in [-0.05, 0) is 49.7 Å². The van der Waals surface area contributed by atoms with Crippen molar-refractivity contribution in [3.63, 3.8) is 0 Å². The maximum Gasteiger partial charge on any atom is 0.264 e. The number of hydrogen-bond donors (Lipinski definition) is 1. The van der Waals surface area contributed by atoms with Crippen LogP contribution < -0.4 is 19.1 Å². The SMILES string of the molecule is CC[C@@H](C)NC(=O)CN(c1ccc(F)cc1)S(=O)(=O)c1ccc2c(c1)OCCO2. The molecule has 0 fully saturated rings. The van der Waals surface area contributed by atoms with E-state index in [1.54, 1.807) is 0 Å². The smallest absolute Gasteiger partial charge is 0.264 e. The van der Waals surface area contributed by atoms with Crippen LogP contribution in [0.1, 0.15) is 20.3 Å². The molecule has 1 aliphatic rings. The molecule has 0 spiro atoms. The molecular formula is C20H23FN2O5S. The Morgan fingerprint density at radius 3 is 2.45 bits per heavy atom. The van der Waals surface area contributed by atoms with Crippen LogP contribution in [0.4, 0.5) is 10.1 Å². The van der Waals surface area contributed by atoms with Crippen molar-refractivity contribution in [2.75, 3.05) is 24.1 Å². The minimum atomic E-state index is -4.12. The first-order valence-corrected chi connectivity index (χ1v) is 10.7. The summed E-state index contributed by atoms with van der Waals surface area (Å²) in [4.78, 5) is 12.4. The minimum absolute atomic E-state index is 0.0533. The maximum atomic E-state index is 13.4. The van der Waals surface area contributed by atoms with Crippen LogP contribution in [0.3, 0.4) is 0 Å². The van der Waals surface area contributed by atoms with Gasteiger partial charge in [0.05, 0.1) is 10.6 Å². The number of anilines is 1. The Balaban J connectivity index is 1.97. The van der Waals surface area contributed by atoms with Crippen molar-refractivity contribution in [1.82, 2.24) is 5.32 Å². The van der Waals surface area contributed by atoms with E-state index in [0.29, 0.717) is 31.1 Å². The summed E-state index contributed by atoms with van der Waals surface area (Å²) >= 11 is 0. The Labute approximate surface area is 169 Å². The summed E-state index contributed by atoms with van der Waals surface area (Å²) in [5, 5.41) is 2.75. The monoisotopic (exact) mass is 422 g/mol. The quantitative estimate of drug-likeness (QED) is 0.742. The molecule has 1 atom stereocenters. The third kappa shape index (κ3) is 4.79. The van der Waals surface area contributed by atoms with E-state index in [9.17, 15) is 17.6 Å². The molecular weight excluding hydrogens is 399 g/mol. The van der Waals surface area contributed by atoms with Gasteiger partial charge in [0.2, 0.25) is 5.91 Å². The van der Waals surface area contributed by atoms with Gasteiger partial charge in [-0.2, -0.15) is 0 Å². The van der Waals surface area contributed by atoms with Gasteiger partial charge in [-0.1, -0.05) is 6.92 Å². The van der Waals surface area contributed by atoms with E-state index >= 15 is 0 Å². The number of fused-ring (bicyclic) bond motifs is 1. The number of sulfonamides is 1. The molecule has 7 nitrogen and oxygen atoms in total. The first-order chi connectivity index (χ1) is 13.8. The van der Waals surface area contributed by atoms with Gasteiger partial charge in [0.25, 0.3) is 10.0 Å². The number of carbonyl (C=O) groups is 1. The average molecular weight is 422 g/mol. The lowest BCUT2D eigenvalue weighted by Crippen LogP contribution is -2.43. The van der Waals surface area contributed by atoms with Crippen LogP contribution in [-0.2, 0) is 14.8 Å². The van der Waals surface area contributed by atoms with Gasteiger partial charge in [0.1, 0.15) is 25.6 Å². The van der Waals surface area contributed by atoms with Crippen molar-refractivity contribution < 1.29 is 27.1 Å². The van der Waals surface area contributed by atoms with E-state index in [4.69, 9.17) is 9.47 Å². The summed E-state index contributed by atoms with van der Waals surface area (Å²) in [6, 6.07) is 9.11. The molecule has 156 valence electrons. The van der Waals surface area contributed by atoms with Gasteiger partial charge in [-0.15, -0.1) is 0 Å². The van der Waals surface area contributed by atoms with Gasteiger partial charge in [-0.25, -0.2) is 12.8 Å². The third-order valence-electron chi connectivity index (χ3n) is 4.52. The Morgan fingerprint density at radius 1 is 1.14 bits per heavy atom. The summed E-state index contributed by atoms with van der Waals surface area (Å²) in [6.07, 6.45) is 0.706. The highest BCUT2D eigenvalue weighted by Crippen LogP contribution is 2.34. The summed E-state index contributed by atoms with van der Waals surface area (Å²) in [5.74, 6) is -0.183. The fourth-order valence-electron chi connectivity index (χ4n) is 2.79. The number of nitrogens with one attached hydrogen (secondary N) is 1. The van der Waals surface area contributed by atoms with Crippen molar-refractivity contribution in [3.8, 4) is 11.5 Å².